The van der Waals surface area contributed by atoms with E-state index in [1.807, 2.05) is 20.8 Å². The van der Waals surface area contributed by atoms with Gasteiger partial charge < -0.3 is 10.1 Å². The van der Waals surface area contributed by atoms with E-state index in [4.69, 9.17) is 4.74 Å². The highest BCUT2D eigenvalue weighted by Gasteiger charge is 2.24. The first-order chi connectivity index (χ1) is 8.75. The lowest BCUT2D eigenvalue weighted by atomic mass is 9.96. The van der Waals surface area contributed by atoms with Gasteiger partial charge in [-0.05, 0) is 6.92 Å². The standard InChI is InChI=1S/C13H18N2O3S/c1-6-7-18-10(16)9-8(2)14-12(19-9)15-11(17)13(3,4)5/h6H,1,7H2,2-5H3,(H,14,15,17). The largest absolute Gasteiger partial charge is 0.457 e. The smallest absolute Gasteiger partial charge is 0.350 e. The predicted octanol–water partition coefficient (Wildman–Crippen LogP) is 2.78. The van der Waals surface area contributed by atoms with Crippen molar-refractivity contribution in [3.8, 4) is 0 Å². The maximum Gasteiger partial charge on any atom is 0.350 e. The van der Waals surface area contributed by atoms with Gasteiger partial charge >= 0.3 is 5.97 Å². The molecule has 1 aromatic heterocycles. The van der Waals surface area contributed by atoms with Crippen molar-refractivity contribution in [2.45, 2.75) is 27.7 Å². The van der Waals surface area contributed by atoms with E-state index in [1.165, 1.54) is 6.08 Å². The van der Waals surface area contributed by atoms with Crippen molar-refractivity contribution in [1.29, 1.82) is 0 Å². The lowest BCUT2D eigenvalue weighted by Gasteiger charge is -2.15. The first-order valence-electron chi connectivity index (χ1n) is 5.82. The van der Waals surface area contributed by atoms with Crippen LogP contribution < -0.4 is 5.32 Å². The summed E-state index contributed by atoms with van der Waals surface area (Å²) in [4.78, 5) is 28.1. The minimum Gasteiger partial charge on any atom is -0.457 e. The first kappa shape index (κ1) is 15.4. The van der Waals surface area contributed by atoms with Crippen LogP contribution in [-0.2, 0) is 9.53 Å². The Balaban J connectivity index is 2.82. The number of hydrogen-bond acceptors (Lipinski definition) is 5. The third-order valence-corrected chi connectivity index (χ3v) is 3.27. The molecule has 5 nitrogen and oxygen atoms in total. The molecule has 0 aliphatic heterocycles. The summed E-state index contributed by atoms with van der Waals surface area (Å²) in [6.07, 6.45) is 1.50. The van der Waals surface area contributed by atoms with Gasteiger partial charge in [0.2, 0.25) is 5.91 Å². The number of hydrogen-bond donors (Lipinski definition) is 1. The molecule has 1 N–H and O–H groups in total. The van der Waals surface area contributed by atoms with Crippen molar-refractivity contribution in [2.75, 3.05) is 11.9 Å². The molecule has 0 radical (unpaired) electrons. The first-order valence-corrected chi connectivity index (χ1v) is 6.64. The van der Waals surface area contributed by atoms with Crippen molar-refractivity contribution < 1.29 is 14.3 Å². The topological polar surface area (TPSA) is 68.3 Å². The second kappa shape index (κ2) is 5.97. The summed E-state index contributed by atoms with van der Waals surface area (Å²) >= 11 is 1.11. The van der Waals surface area contributed by atoms with Gasteiger partial charge in [0.05, 0.1) is 5.69 Å². The van der Waals surface area contributed by atoms with E-state index in [9.17, 15) is 9.59 Å². The normalized spacial score (nSPS) is 10.9. The number of aromatic nitrogens is 1. The molecule has 1 heterocycles. The second-order valence-corrected chi connectivity index (χ2v) is 6.02. The van der Waals surface area contributed by atoms with Gasteiger partial charge in [-0.1, -0.05) is 44.8 Å². The number of ether oxygens (including phenoxy) is 1. The molecule has 1 aromatic rings. The molecule has 1 rings (SSSR count). The van der Waals surface area contributed by atoms with Crippen molar-refractivity contribution in [3.05, 3.63) is 23.2 Å². The zero-order valence-corrected chi connectivity index (χ0v) is 12.4. The van der Waals surface area contributed by atoms with Crippen LogP contribution in [0.3, 0.4) is 0 Å². The maximum absolute atomic E-state index is 11.8. The molecule has 0 bridgehead atoms. The highest BCUT2D eigenvalue weighted by Crippen LogP contribution is 2.25. The number of amides is 1. The number of carbonyl (C=O) groups excluding carboxylic acids is 2. The van der Waals surface area contributed by atoms with Crippen LogP contribution in [0.25, 0.3) is 0 Å². The Labute approximate surface area is 116 Å². The Kier molecular flexibility index (Phi) is 4.83. The van der Waals surface area contributed by atoms with Gasteiger partial charge in [0.1, 0.15) is 11.5 Å². The summed E-state index contributed by atoms with van der Waals surface area (Å²) in [5.74, 6) is -0.599. The Morgan fingerprint density at radius 2 is 2.11 bits per heavy atom. The molecule has 0 aromatic carbocycles. The van der Waals surface area contributed by atoms with Crippen LogP contribution in [0.15, 0.2) is 12.7 Å². The third kappa shape index (κ3) is 4.17. The molecule has 0 atom stereocenters. The molecule has 0 aliphatic carbocycles. The molecule has 19 heavy (non-hydrogen) atoms. The van der Waals surface area contributed by atoms with E-state index < -0.39 is 11.4 Å². The zero-order chi connectivity index (χ0) is 14.6. The van der Waals surface area contributed by atoms with Crippen LogP contribution in [0.5, 0.6) is 0 Å². The number of nitrogens with one attached hydrogen (secondary N) is 1. The molecule has 0 unspecified atom stereocenters. The molecular weight excluding hydrogens is 264 g/mol. The van der Waals surface area contributed by atoms with Gasteiger partial charge in [-0.15, -0.1) is 0 Å². The van der Waals surface area contributed by atoms with Gasteiger partial charge in [0.15, 0.2) is 5.13 Å². The van der Waals surface area contributed by atoms with E-state index in [2.05, 4.69) is 16.9 Å². The fourth-order valence-electron chi connectivity index (χ4n) is 1.12. The van der Waals surface area contributed by atoms with Crippen LogP contribution in [0, 0.1) is 12.3 Å². The lowest BCUT2D eigenvalue weighted by molar-refractivity contribution is -0.123. The van der Waals surface area contributed by atoms with E-state index in [-0.39, 0.29) is 12.5 Å². The van der Waals surface area contributed by atoms with Crippen molar-refractivity contribution in [3.63, 3.8) is 0 Å². The lowest BCUT2D eigenvalue weighted by Crippen LogP contribution is -2.27. The average Bonchev–Trinajstić information content (AvgIpc) is 2.66. The van der Waals surface area contributed by atoms with Crippen molar-refractivity contribution in [1.82, 2.24) is 4.98 Å². The molecule has 0 fully saturated rings. The average molecular weight is 282 g/mol. The summed E-state index contributed by atoms with van der Waals surface area (Å²) in [5.41, 5.74) is 0.0339. The number of rotatable bonds is 4. The van der Waals surface area contributed by atoms with Crippen LogP contribution in [0.4, 0.5) is 5.13 Å². The summed E-state index contributed by atoms with van der Waals surface area (Å²) in [5, 5.41) is 3.10. The molecule has 0 aliphatic rings. The number of esters is 1. The predicted molar refractivity (Wildman–Crippen MR) is 75.4 cm³/mol. The number of anilines is 1. The van der Waals surface area contributed by atoms with E-state index in [0.717, 1.165) is 11.3 Å². The molecule has 0 saturated heterocycles. The molecule has 0 saturated carbocycles. The Bertz CT molecular complexity index is 500. The van der Waals surface area contributed by atoms with Gasteiger partial charge in [0, 0.05) is 5.41 Å². The number of carbonyl (C=O) groups is 2. The van der Waals surface area contributed by atoms with Gasteiger partial charge in [-0.25, -0.2) is 9.78 Å². The number of thiazole rings is 1. The van der Waals surface area contributed by atoms with E-state index in [1.54, 1.807) is 6.92 Å². The fraction of sp³-hybridized carbons (Fsp3) is 0.462. The minimum atomic E-state index is -0.511. The molecule has 6 heteroatoms. The summed E-state index contributed by atoms with van der Waals surface area (Å²) in [6, 6.07) is 0. The van der Waals surface area contributed by atoms with E-state index in [0.29, 0.717) is 15.7 Å². The van der Waals surface area contributed by atoms with Crippen molar-refractivity contribution >= 4 is 28.3 Å². The van der Waals surface area contributed by atoms with Crippen LogP contribution >= 0.6 is 11.3 Å². The number of aryl methyl sites for hydroxylation is 1. The minimum absolute atomic E-state index is 0.146. The quantitative estimate of drug-likeness (QED) is 0.681. The summed E-state index contributed by atoms with van der Waals surface area (Å²) in [7, 11) is 0. The van der Waals surface area contributed by atoms with Crippen molar-refractivity contribution in [2.24, 2.45) is 5.41 Å². The Morgan fingerprint density at radius 3 is 2.63 bits per heavy atom. The van der Waals surface area contributed by atoms with Gasteiger partial charge in [0.25, 0.3) is 0 Å². The molecule has 104 valence electrons. The van der Waals surface area contributed by atoms with Crippen LogP contribution in [-0.4, -0.2) is 23.5 Å². The second-order valence-electron chi connectivity index (χ2n) is 5.02. The SMILES string of the molecule is C=CCOC(=O)c1sc(NC(=O)C(C)(C)C)nc1C. The summed E-state index contributed by atoms with van der Waals surface area (Å²) < 4.78 is 4.94. The van der Waals surface area contributed by atoms with E-state index >= 15 is 0 Å². The van der Waals surface area contributed by atoms with Crippen LogP contribution in [0.2, 0.25) is 0 Å². The maximum atomic E-state index is 11.8. The van der Waals surface area contributed by atoms with Gasteiger partial charge in [-0.2, -0.15) is 0 Å². The molecule has 1 amide bonds. The Hall–Kier alpha value is -1.69. The zero-order valence-electron chi connectivity index (χ0n) is 11.6. The monoisotopic (exact) mass is 282 g/mol. The van der Waals surface area contributed by atoms with Crippen LogP contribution in [0.1, 0.15) is 36.1 Å². The third-order valence-electron chi connectivity index (χ3n) is 2.22. The molecule has 0 spiro atoms. The molecular formula is C13H18N2O3S. The van der Waals surface area contributed by atoms with Gasteiger partial charge in [-0.3, -0.25) is 4.79 Å². The Morgan fingerprint density at radius 1 is 1.47 bits per heavy atom. The number of nitrogens with zero attached hydrogens (tertiary/aromatic N) is 1. The fourth-order valence-corrected chi connectivity index (χ4v) is 1.98. The summed E-state index contributed by atoms with van der Waals surface area (Å²) in [6.45, 7) is 10.8. The highest BCUT2D eigenvalue weighted by molar-refractivity contribution is 7.17. The highest BCUT2D eigenvalue weighted by atomic mass is 32.1.